The van der Waals surface area contributed by atoms with Crippen molar-refractivity contribution in [2.75, 3.05) is 6.54 Å². The van der Waals surface area contributed by atoms with Crippen LogP contribution in [0.25, 0.3) is 0 Å². The molecule has 1 unspecified atom stereocenters. The van der Waals surface area contributed by atoms with Gasteiger partial charge in [0.25, 0.3) is 0 Å². The number of halogens is 2. The summed E-state index contributed by atoms with van der Waals surface area (Å²) in [5, 5.41) is 0. The Balaban J connectivity index is 3.20. The van der Waals surface area contributed by atoms with Crippen LogP contribution in [0, 0.1) is 12.8 Å². The number of rotatable bonds is 6. The molecule has 0 aliphatic rings. The molecule has 0 bridgehead atoms. The average Bonchev–Trinajstić information content (AvgIpc) is 2.31. The molecule has 3 N–H and O–H groups in total. The molecule has 0 aliphatic heterocycles. The van der Waals surface area contributed by atoms with Gasteiger partial charge in [0.2, 0.25) is 10.0 Å². The Labute approximate surface area is 144 Å². The van der Waals surface area contributed by atoms with Gasteiger partial charge < -0.3 is 5.73 Å². The van der Waals surface area contributed by atoms with Crippen LogP contribution >= 0.6 is 31.9 Å². The molecule has 0 amide bonds. The van der Waals surface area contributed by atoms with Gasteiger partial charge in [0.15, 0.2) is 0 Å². The maximum Gasteiger partial charge on any atom is 0.242 e. The van der Waals surface area contributed by atoms with Gasteiger partial charge in [-0.2, -0.15) is 0 Å². The van der Waals surface area contributed by atoms with E-state index >= 15 is 0 Å². The van der Waals surface area contributed by atoms with Gasteiger partial charge in [0, 0.05) is 21.0 Å². The monoisotopic (exact) mass is 440 g/mol. The van der Waals surface area contributed by atoms with Crippen molar-refractivity contribution in [1.82, 2.24) is 4.72 Å². The highest BCUT2D eigenvalue weighted by molar-refractivity contribution is 9.11. The predicted octanol–water partition coefficient (Wildman–Crippen LogP) is 3.56. The van der Waals surface area contributed by atoms with E-state index in [9.17, 15) is 8.42 Å². The van der Waals surface area contributed by atoms with Crippen LogP contribution in [-0.4, -0.2) is 20.5 Å². The predicted molar refractivity (Wildman–Crippen MR) is 93.8 cm³/mol. The van der Waals surface area contributed by atoms with Gasteiger partial charge in [-0.1, -0.05) is 29.8 Å². The number of nitrogens with two attached hydrogens (primary N) is 1. The van der Waals surface area contributed by atoms with Gasteiger partial charge in [-0.3, -0.25) is 0 Å². The standard InChI is InChI=1S/C14H22Br2N2O2S/c1-9(2)7-14(4,8-17)18-21(19,20)13-6-11(15)10(3)5-12(13)16/h5-6,9,18H,7-8,17H2,1-4H3. The molecule has 0 heterocycles. The third kappa shape index (κ3) is 5.03. The number of benzene rings is 1. The van der Waals surface area contributed by atoms with Crippen LogP contribution in [0.1, 0.15) is 32.8 Å². The third-order valence-electron chi connectivity index (χ3n) is 3.19. The van der Waals surface area contributed by atoms with E-state index in [1.165, 1.54) is 0 Å². The molecule has 0 radical (unpaired) electrons. The molecule has 0 saturated carbocycles. The van der Waals surface area contributed by atoms with Crippen LogP contribution in [0.15, 0.2) is 26.0 Å². The van der Waals surface area contributed by atoms with Crippen LogP contribution in [-0.2, 0) is 10.0 Å². The van der Waals surface area contributed by atoms with Gasteiger partial charge >= 0.3 is 0 Å². The first-order chi connectivity index (χ1) is 9.50. The summed E-state index contributed by atoms with van der Waals surface area (Å²) < 4.78 is 29.4. The lowest BCUT2D eigenvalue weighted by Gasteiger charge is -2.31. The molecule has 1 aromatic rings. The van der Waals surface area contributed by atoms with E-state index in [1.54, 1.807) is 12.1 Å². The van der Waals surface area contributed by atoms with E-state index in [1.807, 2.05) is 27.7 Å². The Hall–Kier alpha value is 0.0500. The average molecular weight is 442 g/mol. The minimum absolute atomic E-state index is 0.211. The third-order valence-corrected chi connectivity index (χ3v) is 6.64. The Bertz CT molecular complexity index is 618. The minimum Gasteiger partial charge on any atom is -0.329 e. The molecule has 21 heavy (non-hydrogen) atoms. The fourth-order valence-electron chi connectivity index (χ4n) is 2.28. The number of hydrogen-bond donors (Lipinski definition) is 2. The van der Waals surface area contributed by atoms with Crippen molar-refractivity contribution in [3.63, 3.8) is 0 Å². The van der Waals surface area contributed by atoms with Crippen LogP contribution in [0.4, 0.5) is 0 Å². The molecular formula is C14H22Br2N2O2S. The van der Waals surface area contributed by atoms with Crippen molar-refractivity contribution in [2.24, 2.45) is 11.7 Å². The topological polar surface area (TPSA) is 72.2 Å². The Kier molecular flexibility index (Phi) is 6.44. The van der Waals surface area contributed by atoms with Crippen molar-refractivity contribution in [1.29, 1.82) is 0 Å². The minimum atomic E-state index is -3.65. The molecule has 0 fully saturated rings. The molecule has 0 aromatic heterocycles. The fraction of sp³-hybridized carbons (Fsp3) is 0.571. The lowest BCUT2D eigenvalue weighted by Crippen LogP contribution is -2.52. The summed E-state index contributed by atoms with van der Waals surface area (Å²) in [6.45, 7) is 8.07. The van der Waals surface area contributed by atoms with Gasteiger partial charge in [0.1, 0.15) is 0 Å². The van der Waals surface area contributed by atoms with Gasteiger partial charge in [-0.25, -0.2) is 13.1 Å². The number of aryl methyl sites for hydroxylation is 1. The molecule has 1 atom stereocenters. The first-order valence-corrected chi connectivity index (χ1v) is 9.77. The molecule has 4 nitrogen and oxygen atoms in total. The van der Waals surface area contributed by atoms with Crippen molar-refractivity contribution >= 4 is 41.9 Å². The van der Waals surface area contributed by atoms with Crippen LogP contribution in [0.5, 0.6) is 0 Å². The summed E-state index contributed by atoms with van der Waals surface area (Å²) in [5.41, 5.74) is 6.08. The van der Waals surface area contributed by atoms with Crippen molar-refractivity contribution in [2.45, 2.75) is 44.6 Å². The second-order valence-corrected chi connectivity index (χ2v) is 9.36. The summed E-state index contributed by atoms with van der Waals surface area (Å²) in [5.74, 6) is 0.342. The normalized spacial score (nSPS) is 15.2. The van der Waals surface area contributed by atoms with Gasteiger partial charge in [-0.05, 0) is 59.8 Å². The summed E-state index contributed by atoms with van der Waals surface area (Å²) in [6, 6.07) is 3.38. The molecule has 7 heteroatoms. The Morgan fingerprint density at radius 3 is 2.33 bits per heavy atom. The lowest BCUT2D eigenvalue weighted by atomic mass is 9.92. The number of nitrogens with one attached hydrogen (secondary N) is 1. The zero-order chi connectivity index (χ0) is 16.4. The molecule has 1 aromatic carbocycles. The van der Waals surface area contributed by atoms with E-state index < -0.39 is 15.6 Å². The number of hydrogen-bond acceptors (Lipinski definition) is 3. The first kappa shape index (κ1) is 19.1. The molecule has 1 rings (SSSR count). The highest BCUT2D eigenvalue weighted by Gasteiger charge is 2.31. The highest BCUT2D eigenvalue weighted by atomic mass is 79.9. The quantitative estimate of drug-likeness (QED) is 0.708. The van der Waals surface area contributed by atoms with Crippen LogP contribution in [0.2, 0.25) is 0 Å². The van der Waals surface area contributed by atoms with E-state index in [-0.39, 0.29) is 11.4 Å². The molecule has 0 saturated heterocycles. The zero-order valence-electron chi connectivity index (χ0n) is 12.7. The van der Waals surface area contributed by atoms with Crippen molar-refractivity contribution < 1.29 is 8.42 Å². The second kappa shape index (κ2) is 7.08. The lowest BCUT2D eigenvalue weighted by molar-refractivity contribution is 0.344. The smallest absolute Gasteiger partial charge is 0.242 e. The summed E-state index contributed by atoms with van der Waals surface area (Å²) in [7, 11) is -3.65. The fourth-order valence-corrected chi connectivity index (χ4v) is 5.39. The Morgan fingerprint density at radius 2 is 1.86 bits per heavy atom. The molecular weight excluding hydrogens is 420 g/mol. The summed E-state index contributed by atoms with van der Waals surface area (Å²) in [6.07, 6.45) is 0.674. The van der Waals surface area contributed by atoms with Crippen molar-refractivity contribution in [3.8, 4) is 0 Å². The maximum absolute atomic E-state index is 12.7. The largest absolute Gasteiger partial charge is 0.329 e. The Morgan fingerprint density at radius 1 is 1.29 bits per heavy atom. The van der Waals surface area contributed by atoms with Gasteiger partial charge in [0.05, 0.1) is 4.90 Å². The number of sulfonamides is 1. The van der Waals surface area contributed by atoms with E-state index in [2.05, 4.69) is 36.6 Å². The van der Waals surface area contributed by atoms with Crippen LogP contribution < -0.4 is 10.5 Å². The SMILES string of the molecule is Cc1cc(Br)c(S(=O)(=O)NC(C)(CN)CC(C)C)cc1Br. The van der Waals surface area contributed by atoms with E-state index in [4.69, 9.17) is 5.73 Å². The first-order valence-electron chi connectivity index (χ1n) is 6.70. The summed E-state index contributed by atoms with van der Waals surface area (Å²) >= 11 is 6.70. The van der Waals surface area contributed by atoms with E-state index in [0.29, 0.717) is 16.8 Å². The highest BCUT2D eigenvalue weighted by Crippen LogP contribution is 2.30. The summed E-state index contributed by atoms with van der Waals surface area (Å²) in [4.78, 5) is 0.211. The van der Waals surface area contributed by atoms with E-state index in [0.717, 1.165) is 10.0 Å². The second-order valence-electron chi connectivity index (χ2n) is 6.00. The zero-order valence-corrected chi connectivity index (χ0v) is 16.7. The maximum atomic E-state index is 12.7. The molecule has 0 spiro atoms. The molecule has 120 valence electrons. The molecule has 0 aliphatic carbocycles. The van der Waals surface area contributed by atoms with Crippen LogP contribution in [0.3, 0.4) is 0 Å². The van der Waals surface area contributed by atoms with Gasteiger partial charge in [-0.15, -0.1) is 0 Å². The van der Waals surface area contributed by atoms with Crippen molar-refractivity contribution in [3.05, 3.63) is 26.6 Å².